The van der Waals surface area contributed by atoms with E-state index >= 15 is 0 Å². The Morgan fingerprint density at radius 3 is 2.47 bits per heavy atom. The van der Waals surface area contributed by atoms with Gasteiger partial charge in [-0.2, -0.15) is 0 Å². The molecule has 0 saturated carbocycles. The summed E-state index contributed by atoms with van der Waals surface area (Å²) in [5, 5.41) is 8.71. The fraction of sp³-hybridized carbons (Fsp3) is 0.846. The van der Waals surface area contributed by atoms with Crippen molar-refractivity contribution in [3.8, 4) is 0 Å². The van der Waals surface area contributed by atoms with Gasteiger partial charge in [0.1, 0.15) is 6.61 Å². The van der Waals surface area contributed by atoms with Gasteiger partial charge < -0.3 is 20.7 Å². The van der Waals surface area contributed by atoms with Crippen molar-refractivity contribution in [3.05, 3.63) is 0 Å². The molecule has 0 spiro atoms. The first kappa shape index (κ1) is 15.9. The number of hydrogen-bond acceptors (Lipinski definition) is 4. The van der Waals surface area contributed by atoms with Crippen LogP contribution in [0, 0.1) is 5.92 Å². The molecule has 0 radical (unpaired) electrons. The van der Waals surface area contributed by atoms with E-state index in [9.17, 15) is 9.59 Å². The van der Waals surface area contributed by atoms with Crippen LogP contribution >= 0.6 is 0 Å². The predicted octanol–water partition coefficient (Wildman–Crippen LogP) is -0.357. The number of amides is 2. The molecule has 0 aromatic rings. The van der Waals surface area contributed by atoms with E-state index in [1.807, 2.05) is 13.8 Å². The van der Waals surface area contributed by atoms with Crippen LogP contribution < -0.4 is 16.0 Å². The molecule has 0 aromatic heterocycles. The van der Waals surface area contributed by atoms with Crippen LogP contribution in [0.3, 0.4) is 0 Å². The summed E-state index contributed by atoms with van der Waals surface area (Å²) in [5.41, 5.74) is 0. The van der Waals surface area contributed by atoms with Gasteiger partial charge in [0.25, 0.3) is 0 Å². The third-order valence-electron chi connectivity index (χ3n) is 3.01. The molecule has 2 amide bonds. The molecule has 0 aromatic carbocycles. The Labute approximate surface area is 114 Å². The molecular weight excluding hydrogens is 246 g/mol. The molecule has 0 bridgehead atoms. The highest BCUT2D eigenvalue weighted by Gasteiger charge is 2.14. The van der Waals surface area contributed by atoms with Gasteiger partial charge in [-0.3, -0.25) is 9.59 Å². The summed E-state index contributed by atoms with van der Waals surface area (Å²) in [5.74, 6) is -0.156. The van der Waals surface area contributed by atoms with Gasteiger partial charge in [0.2, 0.25) is 11.8 Å². The number of piperidine rings is 1. The highest BCUT2D eigenvalue weighted by molar-refractivity contribution is 5.78. The summed E-state index contributed by atoms with van der Waals surface area (Å²) in [6.45, 7) is 6.56. The number of carbonyl (C=O) groups excluding carboxylic acids is 2. The Balaban J connectivity index is 2.00. The zero-order valence-electron chi connectivity index (χ0n) is 11.8. The lowest BCUT2D eigenvalue weighted by Gasteiger charge is -2.22. The molecule has 3 N–H and O–H groups in total. The number of rotatable bonds is 7. The topological polar surface area (TPSA) is 79.5 Å². The van der Waals surface area contributed by atoms with Crippen molar-refractivity contribution in [3.63, 3.8) is 0 Å². The molecule has 1 saturated heterocycles. The van der Waals surface area contributed by atoms with Crippen LogP contribution in [0.4, 0.5) is 0 Å². The third kappa shape index (κ3) is 7.12. The van der Waals surface area contributed by atoms with Crippen molar-refractivity contribution in [2.24, 2.45) is 5.92 Å². The fourth-order valence-corrected chi connectivity index (χ4v) is 1.80. The molecule has 0 unspecified atom stereocenters. The van der Waals surface area contributed by atoms with Gasteiger partial charge in [-0.15, -0.1) is 0 Å². The maximum atomic E-state index is 11.5. The number of ether oxygens (including phenoxy) is 1. The average molecular weight is 271 g/mol. The quantitative estimate of drug-likeness (QED) is 0.553. The van der Waals surface area contributed by atoms with E-state index in [1.54, 1.807) is 0 Å². The third-order valence-corrected chi connectivity index (χ3v) is 3.01. The van der Waals surface area contributed by atoms with Crippen LogP contribution in [0.15, 0.2) is 0 Å². The van der Waals surface area contributed by atoms with Gasteiger partial charge in [0, 0.05) is 19.0 Å². The van der Waals surface area contributed by atoms with E-state index in [1.165, 1.54) is 0 Å². The lowest BCUT2D eigenvalue weighted by molar-refractivity contribution is -0.128. The highest BCUT2D eigenvalue weighted by atomic mass is 16.5. The summed E-state index contributed by atoms with van der Waals surface area (Å²) in [6.07, 6.45) is 2.10. The smallest absolute Gasteiger partial charge is 0.246 e. The molecule has 1 aliphatic heterocycles. The lowest BCUT2D eigenvalue weighted by Crippen LogP contribution is -2.39. The van der Waals surface area contributed by atoms with Gasteiger partial charge in [0.05, 0.1) is 6.10 Å². The second kappa shape index (κ2) is 8.87. The fourth-order valence-electron chi connectivity index (χ4n) is 1.80. The lowest BCUT2D eigenvalue weighted by atomic mass is 10.1. The minimum Gasteiger partial charge on any atom is -0.368 e. The van der Waals surface area contributed by atoms with Crippen molar-refractivity contribution >= 4 is 11.8 Å². The Bertz CT molecular complexity index is 289. The molecule has 1 aliphatic rings. The van der Waals surface area contributed by atoms with Gasteiger partial charge in [-0.25, -0.2) is 0 Å². The SMILES string of the molecule is CC(C)C(=O)NCCNC(=O)COC1CCNCC1. The monoisotopic (exact) mass is 271 g/mol. The van der Waals surface area contributed by atoms with Crippen LogP contribution in [0.25, 0.3) is 0 Å². The maximum absolute atomic E-state index is 11.5. The van der Waals surface area contributed by atoms with Gasteiger partial charge in [0.15, 0.2) is 0 Å². The van der Waals surface area contributed by atoms with Crippen molar-refractivity contribution in [2.45, 2.75) is 32.8 Å². The van der Waals surface area contributed by atoms with Gasteiger partial charge in [-0.1, -0.05) is 13.8 Å². The largest absolute Gasteiger partial charge is 0.368 e. The van der Waals surface area contributed by atoms with E-state index in [4.69, 9.17) is 4.74 Å². The first-order valence-corrected chi connectivity index (χ1v) is 6.96. The first-order chi connectivity index (χ1) is 9.09. The molecule has 19 heavy (non-hydrogen) atoms. The van der Waals surface area contributed by atoms with E-state index < -0.39 is 0 Å². The molecule has 110 valence electrons. The molecule has 0 aliphatic carbocycles. The van der Waals surface area contributed by atoms with Gasteiger partial charge in [-0.05, 0) is 25.9 Å². The van der Waals surface area contributed by atoms with Crippen molar-refractivity contribution in [1.82, 2.24) is 16.0 Å². The molecule has 6 nitrogen and oxygen atoms in total. The molecule has 0 atom stereocenters. The Hall–Kier alpha value is -1.14. The molecule has 1 rings (SSSR count). The maximum Gasteiger partial charge on any atom is 0.246 e. The van der Waals surface area contributed by atoms with Crippen molar-refractivity contribution in [2.75, 3.05) is 32.8 Å². The molecule has 6 heteroatoms. The highest BCUT2D eigenvalue weighted by Crippen LogP contribution is 2.06. The zero-order chi connectivity index (χ0) is 14.1. The van der Waals surface area contributed by atoms with Crippen LogP contribution in [0.5, 0.6) is 0 Å². The van der Waals surface area contributed by atoms with E-state index in [-0.39, 0.29) is 30.4 Å². The second-order valence-electron chi connectivity index (χ2n) is 5.06. The van der Waals surface area contributed by atoms with Crippen LogP contribution in [-0.4, -0.2) is 50.7 Å². The van der Waals surface area contributed by atoms with Crippen molar-refractivity contribution in [1.29, 1.82) is 0 Å². The summed E-state index contributed by atoms with van der Waals surface area (Å²) >= 11 is 0. The van der Waals surface area contributed by atoms with Crippen LogP contribution in [0.1, 0.15) is 26.7 Å². The Kier molecular flexibility index (Phi) is 7.43. The van der Waals surface area contributed by atoms with E-state index in [0.29, 0.717) is 13.1 Å². The molecular formula is C13H25N3O3. The second-order valence-corrected chi connectivity index (χ2v) is 5.06. The Morgan fingerprint density at radius 1 is 1.21 bits per heavy atom. The predicted molar refractivity (Wildman–Crippen MR) is 72.7 cm³/mol. The standard InChI is InChI=1S/C13H25N3O3/c1-10(2)13(18)16-8-7-15-12(17)9-19-11-3-5-14-6-4-11/h10-11,14H,3-9H2,1-2H3,(H,15,17)(H,16,18). The Morgan fingerprint density at radius 2 is 1.84 bits per heavy atom. The summed E-state index contributed by atoms with van der Waals surface area (Å²) in [4.78, 5) is 22.8. The van der Waals surface area contributed by atoms with E-state index in [2.05, 4.69) is 16.0 Å². The minimum atomic E-state index is -0.127. The minimum absolute atomic E-state index is 0.000189. The van der Waals surface area contributed by atoms with Crippen LogP contribution in [0.2, 0.25) is 0 Å². The summed E-state index contributed by atoms with van der Waals surface area (Å²) in [7, 11) is 0. The average Bonchev–Trinajstić information content (AvgIpc) is 2.42. The number of hydrogen-bond donors (Lipinski definition) is 3. The number of carbonyl (C=O) groups is 2. The molecule has 1 heterocycles. The van der Waals surface area contributed by atoms with Crippen molar-refractivity contribution < 1.29 is 14.3 Å². The number of nitrogens with one attached hydrogen (secondary N) is 3. The van der Waals surface area contributed by atoms with Crippen LogP contribution in [-0.2, 0) is 14.3 Å². The zero-order valence-corrected chi connectivity index (χ0v) is 11.8. The molecule has 1 fully saturated rings. The van der Waals surface area contributed by atoms with Gasteiger partial charge >= 0.3 is 0 Å². The summed E-state index contributed by atoms with van der Waals surface area (Å²) < 4.78 is 5.52. The summed E-state index contributed by atoms with van der Waals surface area (Å²) in [6, 6.07) is 0. The first-order valence-electron chi connectivity index (χ1n) is 6.96. The normalized spacial score (nSPS) is 16.4. The van der Waals surface area contributed by atoms with E-state index in [0.717, 1.165) is 25.9 Å².